The van der Waals surface area contributed by atoms with Crippen LogP contribution >= 0.6 is 0 Å². The van der Waals surface area contributed by atoms with E-state index in [1.165, 1.54) is 4.90 Å². The smallest absolute Gasteiger partial charge is 0.244 e. The monoisotopic (exact) mass is 473 g/mol. The van der Waals surface area contributed by atoms with Gasteiger partial charge in [-0.2, -0.15) is 0 Å². The van der Waals surface area contributed by atoms with Crippen molar-refractivity contribution in [1.29, 1.82) is 0 Å². The predicted molar refractivity (Wildman–Crippen MR) is 132 cm³/mol. The lowest BCUT2D eigenvalue weighted by molar-refractivity contribution is -0.140. The summed E-state index contributed by atoms with van der Waals surface area (Å²) < 4.78 is 26.1. The molecule has 0 unspecified atom stereocenters. The van der Waals surface area contributed by atoms with Gasteiger partial charge in [0.15, 0.2) is 0 Å². The number of anilines is 1. The van der Waals surface area contributed by atoms with E-state index in [0.29, 0.717) is 18.7 Å². The number of amides is 2. The Kier molecular flexibility index (Phi) is 9.46. The lowest BCUT2D eigenvalue weighted by Gasteiger charge is -2.33. The van der Waals surface area contributed by atoms with Crippen LogP contribution in [0.1, 0.15) is 38.3 Å². The van der Waals surface area contributed by atoms with Crippen LogP contribution < -0.4 is 9.62 Å². The fourth-order valence-electron chi connectivity index (χ4n) is 3.52. The van der Waals surface area contributed by atoms with Crippen molar-refractivity contribution in [3.05, 3.63) is 65.7 Å². The lowest BCUT2D eigenvalue weighted by Crippen LogP contribution is -2.52. The highest BCUT2D eigenvalue weighted by Crippen LogP contribution is 2.20. The first-order valence-corrected chi connectivity index (χ1v) is 13.0. The molecule has 0 radical (unpaired) electrons. The molecular formula is C25H35N3O4S. The first kappa shape index (κ1) is 26.4. The highest BCUT2D eigenvalue weighted by Gasteiger charge is 2.31. The van der Waals surface area contributed by atoms with E-state index in [4.69, 9.17) is 0 Å². The number of hydrogen-bond donors (Lipinski definition) is 1. The number of hydrogen-bond acceptors (Lipinski definition) is 4. The number of nitrogens with zero attached hydrogens (tertiary/aromatic N) is 2. The number of aryl methyl sites for hydroxylation is 1. The second-order valence-electron chi connectivity index (χ2n) is 8.62. The summed E-state index contributed by atoms with van der Waals surface area (Å²) in [5, 5.41) is 2.92. The number of rotatable bonds is 11. The Morgan fingerprint density at radius 3 is 2.15 bits per heavy atom. The Labute approximate surface area is 197 Å². The third-order valence-corrected chi connectivity index (χ3v) is 6.54. The molecule has 0 spiro atoms. The molecule has 0 fully saturated rings. The normalized spacial score (nSPS) is 12.3. The van der Waals surface area contributed by atoms with Crippen molar-refractivity contribution in [2.24, 2.45) is 5.92 Å². The maximum Gasteiger partial charge on any atom is 0.244 e. The molecule has 7 nitrogen and oxygen atoms in total. The van der Waals surface area contributed by atoms with Gasteiger partial charge in [-0.25, -0.2) is 8.42 Å². The average Bonchev–Trinajstić information content (AvgIpc) is 2.76. The van der Waals surface area contributed by atoms with E-state index in [9.17, 15) is 18.0 Å². The number of nitrogens with one attached hydrogen (secondary N) is 1. The molecule has 0 aliphatic carbocycles. The van der Waals surface area contributed by atoms with Gasteiger partial charge in [-0.15, -0.1) is 0 Å². The van der Waals surface area contributed by atoms with E-state index in [1.807, 2.05) is 52.0 Å². The van der Waals surface area contributed by atoms with Crippen LogP contribution in [0.25, 0.3) is 0 Å². The zero-order valence-electron chi connectivity index (χ0n) is 20.1. The van der Waals surface area contributed by atoms with Crippen molar-refractivity contribution >= 4 is 27.5 Å². The summed E-state index contributed by atoms with van der Waals surface area (Å²) in [6.45, 7) is 8.13. The number of carbonyl (C=O) groups excluding carboxylic acids is 2. The molecule has 0 aliphatic rings. The Bertz CT molecular complexity index is 1040. The molecule has 0 heterocycles. The second-order valence-corrected chi connectivity index (χ2v) is 10.5. The van der Waals surface area contributed by atoms with Gasteiger partial charge in [0, 0.05) is 13.1 Å². The van der Waals surface area contributed by atoms with Gasteiger partial charge in [0.2, 0.25) is 21.8 Å². The van der Waals surface area contributed by atoms with Gasteiger partial charge in [0.05, 0.1) is 11.9 Å². The summed E-state index contributed by atoms with van der Waals surface area (Å²) >= 11 is 0. The molecule has 33 heavy (non-hydrogen) atoms. The molecule has 8 heteroatoms. The van der Waals surface area contributed by atoms with Gasteiger partial charge in [0.1, 0.15) is 12.6 Å². The molecule has 0 bridgehead atoms. The molecule has 180 valence electrons. The molecule has 1 atom stereocenters. The Morgan fingerprint density at radius 1 is 1.00 bits per heavy atom. The minimum atomic E-state index is -3.72. The van der Waals surface area contributed by atoms with Crippen LogP contribution in [0, 0.1) is 12.8 Å². The minimum absolute atomic E-state index is 0.214. The quantitative estimate of drug-likeness (QED) is 0.542. The number of benzene rings is 2. The summed E-state index contributed by atoms with van der Waals surface area (Å²) in [5.74, 6) is -0.399. The Balaban J connectivity index is 2.41. The van der Waals surface area contributed by atoms with E-state index in [1.54, 1.807) is 30.3 Å². The topological polar surface area (TPSA) is 86.8 Å². The van der Waals surface area contributed by atoms with Crippen molar-refractivity contribution in [3.8, 4) is 0 Å². The van der Waals surface area contributed by atoms with Crippen LogP contribution in [0.3, 0.4) is 0 Å². The van der Waals surface area contributed by atoms with Crippen LogP contribution in [0.4, 0.5) is 5.69 Å². The van der Waals surface area contributed by atoms with Gasteiger partial charge in [0.25, 0.3) is 0 Å². The average molecular weight is 474 g/mol. The first-order chi connectivity index (χ1) is 15.5. The van der Waals surface area contributed by atoms with Crippen molar-refractivity contribution < 1.29 is 18.0 Å². The summed E-state index contributed by atoms with van der Waals surface area (Å²) in [7, 11) is -3.72. The molecule has 0 aliphatic heterocycles. The minimum Gasteiger partial charge on any atom is -0.354 e. The molecule has 2 aromatic carbocycles. The maximum atomic E-state index is 13.6. The van der Waals surface area contributed by atoms with Gasteiger partial charge in [-0.1, -0.05) is 63.2 Å². The summed E-state index contributed by atoms with van der Waals surface area (Å²) in [6, 6.07) is 15.5. The van der Waals surface area contributed by atoms with E-state index in [0.717, 1.165) is 21.7 Å². The van der Waals surface area contributed by atoms with E-state index in [-0.39, 0.29) is 24.9 Å². The molecule has 0 saturated carbocycles. The Hall–Kier alpha value is -2.87. The van der Waals surface area contributed by atoms with Crippen molar-refractivity contribution in [1.82, 2.24) is 10.2 Å². The van der Waals surface area contributed by atoms with Crippen molar-refractivity contribution in [2.45, 2.75) is 46.7 Å². The van der Waals surface area contributed by atoms with Crippen molar-refractivity contribution in [3.63, 3.8) is 0 Å². The third-order valence-electron chi connectivity index (χ3n) is 5.40. The highest BCUT2D eigenvalue weighted by atomic mass is 32.2. The van der Waals surface area contributed by atoms with E-state index in [2.05, 4.69) is 5.32 Å². The fourth-order valence-corrected chi connectivity index (χ4v) is 4.37. The van der Waals surface area contributed by atoms with Crippen LogP contribution in [0.5, 0.6) is 0 Å². The summed E-state index contributed by atoms with van der Waals surface area (Å²) in [4.78, 5) is 28.1. The molecular weight excluding hydrogens is 438 g/mol. The maximum absolute atomic E-state index is 13.6. The number of carbonyl (C=O) groups is 2. The standard InChI is InChI=1S/C25H35N3O4S/c1-6-23(25(30)26-16-19(2)3)27(17-21-13-11-10-12-20(21)4)24(29)18-28(33(5,31)32)22-14-8-7-9-15-22/h7-15,19,23H,6,16-18H2,1-5H3,(H,26,30)/t23-/m1/s1. The zero-order valence-corrected chi connectivity index (χ0v) is 20.9. The largest absolute Gasteiger partial charge is 0.354 e. The molecule has 1 N–H and O–H groups in total. The Morgan fingerprint density at radius 2 is 1.61 bits per heavy atom. The van der Waals surface area contributed by atoms with Gasteiger partial charge >= 0.3 is 0 Å². The number of sulfonamides is 1. The van der Waals surface area contributed by atoms with E-state index < -0.39 is 22.0 Å². The summed E-state index contributed by atoms with van der Waals surface area (Å²) in [5.41, 5.74) is 2.31. The molecule has 0 aromatic heterocycles. The molecule has 2 rings (SSSR count). The SMILES string of the molecule is CC[C@H](C(=O)NCC(C)C)N(Cc1ccccc1C)C(=O)CN(c1ccccc1)S(C)(=O)=O. The van der Waals surface area contributed by atoms with Crippen molar-refractivity contribution in [2.75, 3.05) is 23.7 Å². The highest BCUT2D eigenvalue weighted by molar-refractivity contribution is 7.92. The molecule has 2 amide bonds. The summed E-state index contributed by atoms with van der Waals surface area (Å²) in [6.07, 6.45) is 1.48. The van der Waals surface area contributed by atoms with Crippen LogP contribution in [0.2, 0.25) is 0 Å². The van der Waals surface area contributed by atoms with Crippen LogP contribution in [0.15, 0.2) is 54.6 Å². The van der Waals surface area contributed by atoms with Gasteiger partial charge in [-0.3, -0.25) is 13.9 Å². The van der Waals surface area contributed by atoms with Crippen LogP contribution in [-0.4, -0.2) is 50.5 Å². The van der Waals surface area contributed by atoms with E-state index >= 15 is 0 Å². The molecule has 2 aromatic rings. The second kappa shape index (κ2) is 11.8. The zero-order chi connectivity index (χ0) is 24.6. The molecule has 0 saturated heterocycles. The number of para-hydroxylation sites is 1. The van der Waals surface area contributed by atoms with Crippen LogP contribution in [-0.2, 0) is 26.2 Å². The third kappa shape index (κ3) is 7.60. The lowest BCUT2D eigenvalue weighted by atomic mass is 10.1. The van der Waals surface area contributed by atoms with Gasteiger partial charge in [-0.05, 0) is 42.5 Å². The predicted octanol–water partition coefficient (Wildman–Crippen LogP) is 3.34. The van der Waals surface area contributed by atoms with Gasteiger partial charge < -0.3 is 10.2 Å². The fraction of sp³-hybridized carbons (Fsp3) is 0.440. The first-order valence-electron chi connectivity index (χ1n) is 11.2.